The maximum Gasteiger partial charge on any atom is 0.410 e. The Labute approximate surface area is 194 Å². The number of amides is 1. The smallest absolute Gasteiger partial charge is 0.410 e. The van der Waals surface area contributed by atoms with Crippen LogP contribution in [0.15, 0.2) is 29.4 Å². The Morgan fingerprint density at radius 1 is 1.30 bits per heavy atom. The standard InChI is InChI=1S/C20H31N7O2.HI/c1-5-21-18(23-15-13-26(14-15)19(28)29-20(2,3)4)22-11-8-10-17-25-24-16-9-6-7-12-27(16)17;/h6-7,9,12,15H,5,8,10-11,13-14H2,1-4H3,(H2,21,22,23);1H. The fourth-order valence-electron chi connectivity index (χ4n) is 3.05. The van der Waals surface area contributed by atoms with Crippen molar-refractivity contribution in [2.45, 2.75) is 52.2 Å². The second kappa shape index (κ2) is 10.8. The normalized spacial score (nSPS) is 14.8. The van der Waals surface area contributed by atoms with Gasteiger partial charge < -0.3 is 20.3 Å². The number of hydrogen-bond donors (Lipinski definition) is 2. The van der Waals surface area contributed by atoms with Gasteiger partial charge in [0, 0.05) is 38.8 Å². The first kappa shape index (κ1) is 24.2. The molecule has 1 aliphatic heterocycles. The Morgan fingerprint density at radius 3 is 2.77 bits per heavy atom. The van der Waals surface area contributed by atoms with Crippen molar-refractivity contribution in [1.82, 2.24) is 30.1 Å². The highest BCUT2D eigenvalue weighted by Crippen LogP contribution is 2.15. The van der Waals surface area contributed by atoms with Crippen LogP contribution in [0, 0.1) is 0 Å². The highest BCUT2D eigenvalue weighted by atomic mass is 127. The van der Waals surface area contributed by atoms with Crippen molar-refractivity contribution >= 4 is 41.7 Å². The molecule has 0 aliphatic carbocycles. The van der Waals surface area contributed by atoms with Crippen LogP contribution in [0.2, 0.25) is 0 Å². The SMILES string of the molecule is CCNC(=NCCCc1nnc2ccccn12)NC1CN(C(=O)OC(C)(C)C)C1.I. The number of pyridine rings is 1. The Bertz CT molecular complexity index is 856. The molecule has 166 valence electrons. The molecular formula is C20H32IN7O2. The van der Waals surface area contributed by atoms with Gasteiger partial charge in [-0.1, -0.05) is 6.07 Å². The molecule has 0 aromatic carbocycles. The lowest BCUT2D eigenvalue weighted by Gasteiger charge is -2.40. The zero-order chi connectivity index (χ0) is 20.9. The van der Waals surface area contributed by atoms with Gasteiger partial charge in [-0.15, -0.1) is 34.2 Å². The molecule has 0 bridgehead atoms. The molecule has 9 nitrogen and oxygen atoms in total. The van der Waals surface area contributed by atoms with E-state index in [2.05, 4.69) is 25.8 Å². The minimum atomic E-state index is -0.471. The van der Waals surface area contributed by atoms with Crippen LogP contribution in [0.1, 0.15) is 39.9 Å². The summed E-state index contributed by atoms with van der Waals surface area (Å²) < 4.78 is 7.39. The van der Waals surface area contributed by atoms with Gasteiger partial charge in [-0.05, 0) is 46.2 Å². The van der Waals surface area contributed by atoms with E-state index in [1.807, 2.05) is 56.5 Å². The quantitative estimate of drug-likeness (QED) is 0.259. The summed E-state index contributed by atoms with van der Waals surface area (Å²) in [6.07, 6.45) is 3.40. The summed E-state index contributed by atoms with van der Waals surface area (Å²) in [7, 11) is 0. The topological polar surface area (TPSA) is 96.1 Å². The number of carbonyl (C=O) groups excluding carboxylic acids is 1. The fourth-order valence-corrected chi connectivity index (χ4v) is 3.05. The van der Waals surface area contributed by atoms with Crippen LogP contribution in [0.4, 0.5) is 4.79 Å². The summed E-state index contributed by atoms with van der Waals surface area (Å²) in [4.78, 5) is 18.4. The summed E-state index contributed by atoms with van der Waals surface area (Å²) in [6.45, 7) is 10.3. The first-order chi connectivity index (χ1) is 13.9. The number of halogens is 1. The lowest BCUT2D eigenvalue weighted by atomic mass is 10.1. The van der Waals surface area contributed by atoms with Gasteiger partial charge in [0.2, 0.25) is 0 Å². The van der Waals surface area contributed by atoms with Crippen molar-refractivity contribution < 1.29 is 9.53 Å². The number of ether oxygens (including phenoxy) is 1. The van der Waals surface area contributed by atoms with Crippen LogP contribution in [0.5, 0.6) is 0 Å². The van der Waals surface area contributed by atoms with Crippen molar-refractivity contribution in [2.24, 2.45) is 4.99 Å². The molecule has 2 aromatic heterocycles. The molecule has 1 amide bonds. The average Bonchev–Trinajstić information content (AvgIpc) is 3.02. The first-order valence-corrected chi connectivity index (χ1v) is 10.2. The van der Waals surface area contributed by atoms with Gasteiger partial charge in [-0.3, -0.25) is 9.39 Å². The lowest BCUT2D eigenvalue weighted by Crippen LogP contribution is -2.63. The third kappa shape index (κ3) is 6.71. The largest absolute Gasteiger partial charge is 0.444 e. The van der Waals surface area contributed by atoms with Gasteiger partial charge in [0.25, 0.3) is 0 Å². The van der Waals surface area contributed by atoms with Crippen molar-refractivity contribution in [1.29, 1.82) is 0 Å². The van der Waals surface area contributed by atoms with Gasteiger partial charge >= 0.3 is 6.09 Å². The van der Waals surface area contributed by atoms with Gasteiger partial charge in [0.1, 0.15) is 11.4 Å². The Kier molecular flexibility index (Phi) is 8.68. The molecule has 0 radical (unpaired) electrons. The zero-order valence-corrected chi connectivity index (χ0v) is 20.4. The predicted octanol–water partition coefficient (Wildman–Crippen LogP) is 2.45. The summed E-state index contributed by atoms with van der Waals surface area (Å²) >= 11 is 0. The van der Waals surface area contributed by atoms with Crippen LogP contribution in [-0.2, 0) is 11.2 Å². The number of nitrogens with zero attached hydrogens (tertiary/aromatic N) is 5. The molecule has 10 heteroatoms. The minimum absolute atomic E-state index is 0. The average molecular weight is 529 g/mol. The lowest BCUT2D eigenvalue weighted by molar-refractivity contribution is 0.00701. The Hall–Kier alpha value is -2.11. The Morgan fingerprint density at radius 2 is 2.07 bits per heavy atom. The highest BCUT2D eigenvalue weighted by Gasteiger charge is 2.34. The van der Waals surface area contributed by atoms with Gasteiger partial charge in [0.15, 0.2) is 11.6 Å². The number of rotatable bonds is 6. The van der Waals surface area contributed by atoms with E-state index in [1.54, 1.807) is 4.90 Å². The third-order valence-corrected chi connectivity index (χ3v) is 4.43. The number of nitrogens with one attached hydrogen (secondary N) is 2. The molecule has 1 aliphatic rings. The summed E-state index contributed by atoms with van der Waals surface area (Å²) in [5.41, 5.74) is 0.391. The molecular weight excluding hydrogens is 497 g/mol. The van der Waals surface area contributed by atoms with E-state index in [0.29, 0.717) is 19.6 Å². The molecule has 2 N–H and O–H groups in total. The van der Waals surface area contributed by atoms with Gasteiger partial charge in [-0.25, -0.2) is 4.79 Å². The second-order valence-electron chi connectivity index (χ2n) is 8.14. The number of aliphatic imine (C=N–C) groups is 1. The van der Waals surface area contributed by atoms with Crippen LogP contribution in [-0.4, -0.2) is 69.4 Å². The predicted molar refractivity (Wildman–Crippen MR) is 127 cm³/mol. The van der Waals surface area contributed by atoms with Crippen LogP contribution < -0.4 is 10.6 Å². The van der Waals surface area contributed by atoms with Crippen LogP contribution >= 0.6 is 24.0 Å². The number of hydrogen-bond acceptors (Lipinski definition) is 5. The molecule has 3 heterocycles. The van der Waals surface area contributed by atoms with Crippen molar-refractivity contribution in [3.63, 3.8) is 0 Å². The fraction of sp³-hybridized carbons (Fsp3) is 0.600. The third-order valence-electron chi connectivity index (χ3n) is 4.43. The molecule has 1 fully saturated rings. The van der Waals surface area contributed by atoms with Gasteiger partial charge in [-0.2, -0.15) is 0 Å². The molecule has 0 atom stereocenters. The number of aryl methyl sites for hydroxylation is 1. The minimum Gasteiger partial charge on any atom is -0.444 e. The summed E-state index contributed by atoms with van der Waals surface area (Å²) in [5.74, 6) is 1.72. The molecule has 2 aromatic rings. The maximum absolute atomic E-state index is 12.0. The highest BCUT2D eigenvalue weighted by molar-refractivity contribution is 14.0. The van der Waals surface area contributed by atoms with E-state index in [1.165, 1.54) is 0 Å². The second-order valence-corrected chi connectivity index (χ2v) is 8.14. The molecule has 3 rings (SSSR count). The van der Waals surface area contributed by atoms with E-state index in [4.69, 9.17) is 4.74 Å². The molecule has 0 unspecified atom stereocenters. The Balaban J connectivity index is 0.00000320. The maximum atomic E-state index is 12.0. The van der Waals surface area contributed by atoms with Crippen molar-refractivity contribution in [2.75, 3.05) is 26.2 Å². The molecule has 1 saturated heterocycles. The summed E-state index contributed by atoms with van der Waals surface area (Å²) in [6, 6.07) is 6.06. The van der Waals surface area contributed by atoms with E-state index >= 15 is 0 Å². The van der Waals surface area contributed by atoms with E-state index in [-0.39, 0.29) is 36.1 Å². The van der Waals surface area contributed by atoms with Crippen molar-refractivity contribution in [3.05, 3.63) is 30.2 Å². The zero-order valence-electron chi connectivity index (χ0n) is 18.1. The van der Waals surface area contributed by atoms with E-state index in [0.717, 1.165) is 36.8 Å². The first-order valence-electron chi connectivity index (χ1n) is 10.2. The molecule has 0 spiro atoms. The number of aromatic nitrogens is 3. The van der Waals surface area contributed by atoms with E-state index in [9.17, 15) is 4.79 Å². The number of guanidine groups is 1. The molecule has 30 heavy (non-hydrogen) atoms. The summed E-state index contributed by atoms with van der Waals surface area (Å²) in [5, 5.41) is 15.1. The monoisotopic (exact) mass is 529 g/mol. The van der Waals surface area contributed by atoms with Crippen molar-refractivity contribution in [3.8, 4) is 0 Å². The molecule has 0 saturated carbocycles. The number of likely N-dealkylation sites (tertiary alicyclic amines) is 1. The van der Waals surface area contributed by atoms with Crippen LogP contribution in [0.25, 0.3) is 5.65 Å². The van der Waals surface area contributed by atoms with E-state index < -0.39 is 5.60 Å². The van der Waals surface area contributed by atoms with Gasteiger partial charge in [0.05, 0.1) is 6.04 Å². The number of carbonyl (C=O) groups is 1. The number of fused-ring (bicyclic) bond motifs is 1. The van der Waals surface area contributed by atoms with Crippen LogP contribution in [0.3, 0.4) is 0 Å².